The van der Waals surface area contributed by atoms with Crippen molar-refractivity contribution in [2.24, 2.45) is 0 Å². The summed E-state index contributed by atoms with van der Waals surface area (Å²) in [5.41, 5.74) is 6.50. The van der Waals surface area contributed by atoms with Crippen LogP contribution in [0.2, 0.25) is 0 Å². The molecule has 1 fully saturated rings. The number of nitrogens with zero attached hydrogens (tertiary/aromatic N) is 2. The number of nitrogen functional groups attached to an aromatic ring is 1. The lowest BCUT2D eigenvalue weighted by atomic mass is 10.0. The predicted molar refractivity (Wildman–Crippen MR) is 70.8 cm³/mol. The second-order valence-corrected chi connectivity index (χ2v) is 5.76. The third-order valence-electron chi connectivity index (χ3n) is 3.14. The van der Waals surface area contributed by atoms with Crippen molar-refractivity contribution in [1.29, 1.82) is 0 Å². The molecule has 1 aliphatic rings. The van der Waals surface area contributed by atoms with E-state index in [1.54, 1.807) is 0 Å². The maximum atomic E-state index is 5.93. The summed E-state index contributed by atoms with van der Waals surface area (Å²) >= 11 is 3.45. The fourth-order valence-corrected chi connectivity index (χ4v) is 2.69. The highest BCUT2D eigenvalue weighted by molar-refractivity contribution is 9.10. The van der Waals surface area contributed by atoms with Crippen molar-refractivity contribution in [3.05, 3.63) is 16.0 Å². The van der Waals surface area contributed by atoms with Gasteiger partial charge in [0.15, 0.2) is 5.82 Å². The van der Waals surface area contributed by atoms with Gasteiger partial charge >= 0.3 is 0 Å². The number of halogens is 1. The topological polar surface area (TPSA) is 61.0 Å². The van der Waals surface area contributed by atoms with Crippen molar-refractivity contribution < 1.29 is 4.74 Å². The minimum Gasteiger partial charge on any atom is -0.383 e. The minimum atomic E-state index is -0.377. The Morgan fingerprint density at radius 3 is 2.65 bits per heavy atom. The van der Waals surface area contributed by atoms with Crippen molar-refractivity contribution in [3.8, 4) is 0 Å². The summed E-state index contributed by atoms with van der Waals surface area (Å²) in [5.74, 6) is 1.51. The zero-order valence-electron chi connectivity index (χ0n) is 10.5. The average Bonchev–Trinajstić information content (AvgIpc) is 2.69. The summed E-state index contributed by atoms with van der Waals surface area (Å²) in [7, 11) is 0. The summed E-state index contributed by atoms with van der Waals surface area (Å²) in [4.78, 5) is 8.99. The molecular weight excluding hydrogens is 282 g/mol. The molecule has 5 heteroatoms. The van der Waals surface area contributed by atoms with Crippen LogP contribution in [-0.2, 0) is 10.3 Å². The van der Waals surface area contributed by atoms with Gasteiger partial charge in [0.25, 0.3) is 0 Å². The first-order valence-corrected chi connectivity index (χ1v) is 6.70. The fourth-order valence-electron chi connectivity index (χ4n) is 2.06. The summed E-state index contributed by atoms with van der Waals surface area (Å²) in [5, 5.41) is 0. The highest BCUT2D eigenvalue weighted by atomic mass is 79.9. The van der Waals surface area contributed by atoms with Crippen LogP contribution in [-0.4, -0.2) is 16.6 Å². The maximum absolute atomic E-state index is 5.93. The molecule has 0 amide bonds. The molecule has 0 bridgehead atoms. The van der Waals surface area contributed by atoms with Crippen molar-refractivity contribution >= 4 is 21.7 Å². The summed E-state index contributed by atoms with van der Waals surface area (Å²) in [6, 6.07) is 0. The van der Waals surface area contributed by atoms with Crippen LogP contribution in [0.3, 0.4) is 0 Å². The van der Waals surface area contributed by atoms with Crippen LogP contribution < -0.4 is 5.73 Å². The number of anilines is 1. The van der Waals surface area contributed by atoms with Gasteiger partial charge in [-0.25, -0.2) is 9.97 Å². The second kappa shape index (κ2) is 4.53. The van der Waals surface area contributed by atoms with Gasteiger partial charge in [-0.15, -0.1) is 0 Å². The first-order valence-electron chi connectivity index (χ1n) is 5.91. The Morgan fingerprint density at radius 1 is 1.41 bits per heavy atom. The third-order valence-corrected chi connectivity index (χ3v) is 3.95. The van der Waals surface area contributed by atoms with Gasteiger partial charge in [0.05, 0.1) is 10.2 Å². The average molecular weight is 300 g/mol. The quantitative estimate of drug-likeness (QED) is 0.912. The van der Waals surface area contributed by atoms with Gasteiger partial charge in [-0.3, -0.25) is 0 Å². The van der Waals surface area contributed by atoms with E-state index in [2.05, 4.69) is 39.7 Å². The van der Waals surface area contributed by atoms with Crippen LogP contribution >= 0.6 is 15.9 Å². The molecule has 17 heavy (non-hydrogen) atoms. The normalized spacial score (nSPS) is 24.5. The Hall–Kier alpha value is -0.680. The van der Waals surface area contributed by atoms with Gasteiger partial charge in [0, 0.05) is 6.61 Å². The van der Waals surface area contributed by atoms with Gasteiger partial charge < -0.3 is 10.5 Å². The monoisotopic (exact) mass is 299 g/mol. The molecule has 2 rings (SSSR count). The molecule has 94 valence electrons. The van der Waals surface area contributed by atoms with E-state index in [1.807, 2.05) is 6.92 Å². The minimum absolute atomic E-state index is 0.304. The van der Waals surface area contributed by atoms with Gasteiger partial charge in [0.2, 0.25) is 0 Å². The number of hydrogen-bond acceptors (Lipinski definition) is 4. The summed E-state index contributed by atoms with van der Waals surface area (Å²) < 4.78 is 6.56. The van der Waals surface area contributed by atoms with Crippen LogP contribution in [0, 0.1) is 0 Å². The van der Waals surface area contributed by atoms with E-state index in [1.165, 1.54) is 0 Å². The molecule has 1 aromatic rings. The van der Waals surface area contributed by atoms with Crippen molar-refractivity contribution in [2.45, 2.75) is 45.1 Å². The smallest absolute Gasteiger partial charge is 0.162 e. The number of ether oxygens (including phenoxy) is 1. The SMILES string of the molecule is CC(C)c1nc(C2(C)CCCO2)nc(N)c1Br. The molecule has 2 N–H and O–H groups in total. The Kier molecular flexibility index (Phi) is 3.41. The lowest BCUT2D eigenvalue weighted by Crippen LogP contribution is -2.25. The Morgan fingerprint density at radius 2 is 2.12 bits per heavy atom. The van der Waals surface area contributed by atoms with Crippen molar-refractivity contribution in [3.63, 3.8) is 0 Å². The van der Waals surface area contributed by atoms with E-state index in [-0.39, 0.29) is 5.60 Å². The van der Waals surface area contributed by atoms with Gasteiger partial charge in [-0.2, -0.15) is 0 Å². The molecule has 1 unspecified atom stereocenters. The highest BCUT2D eigenvalue weighted by Gasteiger charge is 2.35. The van der Waals surface area contributed by atoms with E-state index in [0.29, 0.717) is 17.6 Å². The first-order chi connectivity index (χ1) is 7.94. The zero-order valence-corrected chi connectivity index (χ0v) is 12.0. The van der Waals surface area contributed by atoms with E-state index in [0.717, 1.165) is 29.6 Å². The molecule has 1 aromatic heterocycles. The van der Waals surface area contributed by atoms with Gasteiger partial charge in [0.1, 0.15) is 11.4 Å². The molecule has 1 aliphatic heterocycles. The molecule has 4 nitrogen and oxygen atoms in total. The van der Waals surface area contributed by atoms with E-state index < -0.39 is 0 Å². The highest BCUT2D eigenvalue weighted by Crippen LogP contribution is 2.36. The molecule has 0 spiro atoms. The Labute approximate surface area is 110 Å². The molecule has 0 aliphatic carbocycles. The number of aromatic nitrogens is 2. The second-order valence-electron chi connectivity index (χ2n) is 4.97. The lowest BCUT2D eigenvalue weighted by Gasteiger charge is -2.23. The fraction of sp³-hybridized carbons (Fsp3) is 0.667. The largest absolute Gasteiger partial charge is 0.383 e. The van der Waals surface area contributed by atoms with Gasteiger partial charge in [-0.1, -0.05) is 13.8 Å². The van der Waals surface area contributed by atoms with Crippen LogP contribution in [0.4, 0.5) is 5.82 Å². The van der Waals surface area contributed by atoms with Crippen LogP contribution in [0.25, 0.3) is 0 Å². The van der Waals surface area contributed by atoms with Crippen LogP contribution in [0.1, 0.15) is 51.0 Å². The molecule has 0 saturated carbocycles. The molecule has 2 heterocycles. The molecule has 1 saturated heterocycles. The molecular formula is C12H18BrN3O. The van der Waals surface area contributed by atoms with Crippen LogP contribution in [0.15, 0.2) is 4.47 Å². The van der Waals surface area contributed by atoms with E-state index in [4.69, 9.17) is 10.5 Å². The molecule has 0 radical (unpaired) electrons. The third kappa shape index (κ3) is 2.31. The van der Waals surface area contributed by atoms with Crippen LogP contribution in [0.5, 0.6) is 0 Å². The standard InChI is InChI=1S/C12H18BrN3O/c1-7(2)9-8(13)10(14)16-11(15-9)12(3)5-4-6-17-12/h7H,4-6H2,1-3H3,(H2,14,15,16). The van der Waals surface area contributed by atoms with E-state index >= 15 is 0 Å². The maximum Gasteiger partial charge on any atom is 0.162 e. The summed E-state index contributed by atoms with van der Waals surface area (Å²) in [6.07, 6.45) is 2.00. The molecule has 0 aromatic carbocycles. The van der Waals surface area contributed by atoms with Crippen molar-refractivity contribution in [2.75, 3.05) is 12.3 Å². The Bertz CT molecular complexity index is 428. The van der Waals surface area contributed by atoms with Gasteiger partial charge in [-0.05, 0) is 41.6 Å². The Balaban J connectivity index is 2.49. The molecule has 1 atom stereocenters. The predicted octanol–water partition coefficient (Wildman–Crippen LogP) is 2.97. The first kappa shape index (κ1) is 12.8. The lowest BCUT2D eigenvalue weighted by molar-refractivity contribution is 0.00921. The van der Waals surface area contributed by atoms with E-state index in [9.17, 15) is 0 Å². The summed E-state index contributed by atoms with van der Waals surface area (Å²) in [6.45, 7) is 6.99. The number of nitrogens with two attached hydrogens (primary N) is 1. The van der Waals surface area contributed by atoms with Crippen molar-refractivity contribution in [1.82, 2.24) is 9.97 Å². The number of hydrogen-bond donors (Lipinski definition) is 1. The zero-order chi connectivity index (χ0) is 12.6. The number of rotatable bonds is 2.